The number of nitrogens with zero attached hydrogens (tertiary/aromatic N) is 1. The Bertz CT molecular complexity index is 355. The maximum Gasteiger partial charge on any atom is 0.253 e. The second-order valence-electron chi connectivity index (χ2n) is 2.98. The summed E-state index contributed by atoms with van der Waals surface area (Å²) in [5.74, 6) is -0.532. The molecule has 1 atom stereocenters. The third kappa shape index (κ3) is 1.62. The molecule has 1 aromatic rings. The maximum absolute atomic E-state index is 12.7. The molecule has 1 saturated heterocycles. The van der Waals surface area contributed by atoms with Crippen LogP contribution >= 0.6 is 0 Å². The molecule has 0 N–H and O–H groups in total. The second-order valence-corrected chi connectivity index (χ2v) is 2.98. The minimum Gasteiger partial charge on any atom is -0.358 e. The number of halogens is 1. The smallest absolute Gasteiger partial charge is 0.253 e. The molecule has 69 valence electrons. The molecule has 1 aliphatic rings. The Morgan fingerprint density at radius 2 is 2.54 bits per heavy atom. The van der Waals surface area contributed by atoms with E-state index in [4.69, 9.17) is 4.74 Å². The number of hydrogen-bond donors (Lipinski definition) is 0. The van der Waals surface area contributed by atoms with E-state index in [9.17, 15) is 9.18 Å². The molecule has 1 aromatic heterocycles. The Labute approximate surface area is 74.8 Å². The summed E-state index contributed by atoms with van der Waals surface area (Å²) in [5.41, 5.74) is -0.270. The summed E-state index contributed by atoms with van der Waals surface area (Å²) in [6.45, 7) is 0.636. The van der Waals surface area contributed by atoms with Gasteiger partial charge in [-0.3, -0.25) is 9.36 Å². The van der Waals surface area contributed by atoms with E-state index in [1.165, 1.54) is 4.57 Å². The van der Waals surface area contributed by atoms with Gasteiger partial charge in [0.15, 0.2) is 0 Å². The third-order valence-electron chi connectivity index (χ3n) is 2.06. The van der Waals surface area contributed by atoms with E-state index >= 15 is 0 Å². The second kappa shape index (κ2) is 3.30. The summed E-state index contributed by atoms with van der Waals surface area (Å²) < 4.78 is 19.3. The van der Waals surface area contributed by atoms with Gasteiger partial charge in [0.05, 0.1) is 0 Å². The lowest BCUT2D eigenvalue weighted by Crippen LogP contribution is -2.23. The van der Waals surface area contributed by atoms with Gasteiger partial charge in [-0.25, -0.2) is 4.39 Å². The van der Waals surface area contributed by atoms with Crippen LogP contribution in [0.3, 0.4) is 0 Å². The van der Waals surface area contributed by atoms with Crippen molar-refractivity contribution in [2.24, 2.45) is 0 Å². The van der Waals surface area contributed by atoms with Gasteiger partial charge in [0.25, 0.3) is 5.56 Å². The number of ether oxygens (including phenoxy) is 1. The van der Waals surface area contributed by atoms with Crippen molar-refractivity contribution in [2.45, 2.75) is 19.1 Å². The zero-order valence-corrected chi connectivity index (χ0v) is 7.00. The number of hydrogen-bond acceptors (Lipinski definition) is 2. The normalized spacial score (nSPS) is 22.1. The summed E-state index contributed by atoms with van der Waals surface area (Å²) >= 11 is 0. The largest absolute Gasteiger partial charge is 0.358 e. The van der Waals surface area contributed by atoms with Crippen molar-refractivity contribution >= 4 is 0 Å². The third-order valence-corrected chi connectivity index (χ3v) is 2.06. The minimum atomic E-state index is -0.532. The molecule has 2 rings (SSSR count). The Hall–Kier alpha value is -1.16. The molecule has 1 radical (unpaired) electrons. The van der Waals surface area contributed by atoms with Crippen molar-refractivity contribution in [2.75, 3.05) is 6.61 Å². The molecule has 1 fully saturated rings. The molecule has 0 saturated carbocycles. The maximum atomic E-state index is 12.7. The van der Waals surface area contributed by atoms with Crippen molar-refractivity contribution in [1.82, 2.24) is 4.57 Å². The van der Waals surface area contributed by atoms with E-state index in [0.29, 0.717) is 6.61 Å². The predicted octanol–water partition coefficient (Wildman–Crippen LogP) is 1.10. The van der Waals surface area contributed by atoms with Gasteiger partial charge in [0.1, 0.15) is 12.0 Å². The molecule has 2 heterocycles. The fraction of sp³-hybridized carbons (Fsp3) is 0.444. The van der Waals surface area contributed by atoms with E-state index in [1.54, 1.807) is 0 Å². The first kappa shape index (κ1) is 8.44. The lowest BCUT2D eigenvalue weighted by Gasteiger charge is -2.12. The number of pyridine rings is 1. The molecule has 0 aromatic carbocycles. The molecular weight excluding hydrogens is 173 g/mol. The summed E-state index contributed by atoms with van der Waals surface area (Å²) in [7, 11) is 0. The molecule has 1 aliphatic heterocycles. The first-order valence-corrected chi connectivity index (χ1v) is 4.18. The van der Waals surface area contributed by atoms with Crippen molar-refractivity contribution in [3.63, 3.8) is 0 Å². The van der Waals surface area contributed by atoms with Crippen LogP contribution in [-0.2, 0) is 4.74 Å². The Kier molecular flexibility index (Phi) is 2.14. The highest BCUT2D eigenvalue weighted by atomic mass is 19.1. The fourth-order valence-corrected chi connectivity index (χ4v) is 1.43. The van der Waals surface area contributed by atoms with Crippen molar-refractivity contribution < 1.29 is 9.13 Å². The van der Waals surface area contributed by atoms with E-state index in [-0.39, 0.29) is 11.8 Å². The molecule has 0 amide bonds. The molecule has 0 aliphatic carbocycles. The van der Waals surface area contributed by atoms with Crippen molar-refractivity contribution in [3.8, 4) is 0 Å². The molecular formula is C9H9FNO2. The quantitative estimate of drug-likeness (QED) is 0.651. The molecule has 0 spiro atoms. The van der Waals surface area contributed by atoms with Gasteiger partial charge in [-0.15, -0.1) is 0 Å². The lowest BCUT2D eigenvalue weighted by atomic mass is 10.3. The zero-order chi connectivity index (χ0) is 9.26. The Morgan fingerprint density at radius 3 is 3.23 bits per heavy atom. The van der Waals surface area contributed by atoms with Crippen LogP contribution in [-0.4, -0.2) is 11.2 Å². The van der Waals surface area contributed by atoms with E-state index in [0.717, 1.165) is 25.1 Å². The highest BCUT2D eigenvalue weighted by Gasteiger charge is 2.18. The summed E-state index contributed by atoms with van der Waals surface area (Å²) in [4.78, 5) is 11.2. The molecule has 4 heteroatoms. The van der Waals surface area contributed by atoms with Crippen LogP contribution < -0.4 is 5.56 Å². The van der Waals surface area contributed by atoms with Crippen LogP contribution in [0.1, 0.15) is 19.1 Å². The lowest BCUT2D eigenvalue weighted by molar-refractivity contribution is 0.0530. The predicted molar refractivity (Wildman–Crippen MR) is 43.7 cm³/mol. The Balaban J connectivity index is 2.37. The highest BCUT2D eigenvalue weighted by molar-refractivity contribution is 4.95. The van der Waals surface area contributed by atoms with Crippen LogP contribution in [0.25, 0.3) is 0 Å². The fourth-order valence-electron chi connectivity index (χ4n) is 1.43. The summed E-state index contributed by atoms with van der Waals surface area (Å²) in [5, 5.41) is 0. The Morgan fingerprint density at radius 1 is 1.69 bits per heavy atom. The summed E-state index contributed by atoms with van der Waals surface area (Å²) in [6.07, 6.45) is 2.52. The van der Waals surface area contributed by atoms with Gasteiger partial charge in [-0.05, 0) is 12.8 Å². The van der Waals surface area contributed by atoms with Crippen molar-refractivity contribution in [1.29, 1.82) is 0 Å². The topological polar surface area (TPSA) is 31.2 Å². The molecule has 1 unspecified atom stereocenters. The van der Waals surface area contributed by atoms with Crippen molar-refractivity contribution in [3.05, 3.63) is 34.5 Å². The van der Waals surface area contributed by atoms with Gasteiger partial charge < -0.3 is 4.74 Å². The van der Waals surface area contributed by atoms with Crippen LogP contribution in [0.2, 0.25) is 0 Å². The van der Waals surface area contributed by atoms with E-state index in [1.807, 2.05) is 0 Å². The van der Waals surface area contributed by atoms with Gasteiger partial charge in [-0.1, -0.05) is 0 Å². The van der Waals surface area contributed by atoms with E-state index < -0.39 is 5.82 Å². The van der Waals surface area contributed by atoms with Gasteiger partial charge >= 0.3 is 0 Å². The standard InChI is InChI=1S/C9H9FNO2/c10-7-3-4-8(12)11(6-7)9-2-1-5-13-9/h4,6,9H,1-2,5H2. The van der Waals surface area contributed by atoms with Gasteiger partial charge in [-0.2, -0.15) is 0 Å². The van der Waals surface area contributed by atoms with Crippen LogP contribution in [0.4, 0.5) is 4.39 Å². The average Bonchev–Trinajstić information content (AvgIpc) is 2.61. The molecule has 3 nitrogen and oxygen atoms in total. The van der Waals surface area contributed by atoms with Crippen LogP contribution in [0.15, 0.2) is 17.1 Å². The highest BCUT2D eigenvalue weighted by Crippen LogP contribution is 2.20. The number of rotatable bonds is 1. The molecule has 13 heavy (non-hydrogen) atoms. The molecule has 0 bridgehead atoms. The first-order valence-electron chi connectivity index (χ1n) is 4.18. The van der Waals surface area contributed by atoms with Gasteiger partial charge in [0.2, 0.25) is 0 Å². The van der Waals surface area contributed by atoms with Crippen LogP contribution in [0.5, 0.6) is 0 Å². The zero-order valence-electron chi connectivity index (χ0n) is 7.00. The summed E-state index contributed by atoms with van der Waals surface area (Å²) in [6, 6.07) is 3.30. The SMILES string of the molecule is O=c1c[c]c(F)cn1C1CCCO1. The van der Waals surface area contributed by atoms with Crippen LogP contribution in [0, 0.1) is 11.9 Å². The monoisotopic (exact) mass is 182 g/mol. The first-order chi connectivity index (χ1) is 6.27. The minimum absolute atomic E-state index is 0.270. The average molecular weight is 182 g/mol. The van der Waals surface area contributed by atoms with Gasteiger partial charge in [0, 0.05) is 24.9 Å². The number of aromatic nitrogens is 1. The van der Waals surface area contributed by atoms with E-state index in [2.05, 4.69) is 6.07 Å².